The fourth-order valence-electron chi connectivity index (χ4n) is 3.47. The van der Waals surface area contributed by atoms with Gasteiger partial charge in [0.2, 0.25) is 5.91 Å². The Morgan fingerprint density at radius 1 is 1.23 bits per heavy atom. The van der Waals surface area contributed by atoms with Crippen LogP contribution in [0, 0.1) is 0 Å². The number of amides is 1. The Hall–Kier alpha value is -1.86. The number of nitrogens with one attached hydrogen (secondary N) is 2. The highest BCUT2D eigenvalue weighted by Crippen LogP contribution is 2.41. The number of rotatable bonds is 7. The summed E-state index contributed by atoms with van der Waals surface area (Å²) in [6.07, 6.45) is 7.22. The fourth-order valence-corrected chi connectivity index (χ4v) is 5.69. The molecule has 1 saturated carbocycles. The summed E-state index contributed by atoms with van der Waals surface area (Å²) >= 11 is 5.86. The van der Waals surface area contributed by atoms with Crippen molar-refractivity contribution < 1.29 is 13.2 Å². The largest absolute Gasteiger partial charge is 0.355 e. The Morgan fingerprint density at radius 3 is 2.54 bits per heavy atom. The highest BCUT2D eigenvalue weighted by Gasteiger charge is 2.52. The molecule has 2 aromatic rings. The second kappa shape index (κ2) is 7.80. The molecule has 0 aliphatic heterocycles. The van der Waals surface area contributed by atoms with Gasteiger partial charge in [-0.2, -0.15) is 5.10 Å². The van der Waals surface area contributed by atoms with Gasteiger partial charge in [0.05, 0.1) is 11.1 Å². The molecule has 0 unspecified atom stereocenters. The second-order valence-corrected chi connectivity index (χ2v) is 9.32. The van der Waals surface area contributed by atoms with E-state index in [0.717, 1.165) is 31.2 Å². The predicted octanol–water partition coefficient (Wildman–Crippen LogP) is 2.90. The Labute approximate surface area is 158 Å². The molecule has 140 valence electrons. The van der Waals surface area contributed by atoms with E-state index < -0.39 is 20.5 Å². The molecule has 1 aromatic heterocycles. The number of sulfone groups is 1. The summed E-state index contributed by atoms with van der Waals surface area (Å²) in [4.78, 5) is 13.0. The van der Waals surface area contributed by atoms with Crippen LogP contribution >= 0.6 is 11.6 Å². The van der Waals surface area contributed by atoms with E-state index in [1.54, 1.807) is 18.3 Å². The average molecular weight is 396 g/mol. The number of aromatic amines is 1. The standard InChI is InChI=1S/C18H22ClN3O3S/c19-15-5-7-16(8-6-15)26(24,25)18(9-1-2-10-18)17(23)20-11-3-4-14-12-21-22-13-14/h5-8,12-13H,1-4,9-11H2,(H,20,23)(H,21,22). The molecular weight excluding hydrogens is 374 g/mol. The number of carbonyl (C=O) groups excluding carboxylic acids is 1. The number of hydrogen-bond donors (Lipinski definition) is 2. The smallest absolute Gasteiger partial charge is 0.241 e. The Balaban J connectivity index is 1.72. The van der Waals surface area contributed by atoms with Crippen molar-refractivity contribution in [3.63, 3.8) is 0 Å². The Kier molecular flexibility index (Phi) is 5.67. The van der Waals surface area contributed by atoms with E-state index in [1.165, 1.54) is 12.1 Å². The van der Waals surface area contributed by atoms with Crippen LogP contribution in [0.5, 0.6) is 0 Å². The SMILES string of the molecule is O=C(NCCCc1cn[nH]c1)C1(S(=O)(=O)c2ccc(Cl)cc2)CCCC1. The van der Waals surface area contributed by atoms with Gasteiger partial charge in [-0.1, -0.05) is 24.4 Å². The first-order valence-electron chi connectivity index (χ1n) is 8.72. The Bertz CT molecular complexity index is 842. The molecule has 1 fully saturated rings. The molecule has 1 aliphatic carbocycles. The van der Waals surface area contributed by atoms with Gasteiger partial charge in [0.1, 0.15) is 0 Å². The number of benzene rings is 1. The predicted molar refractivity (Wildman–Crippen MR) is 99.8 cm³/mol. The lowest BCUT2D eigenvalue weighted by Crippen LogP contribution is -2.50. The van der Waals surface area contributed by atoms with Gasteiger partial charge in [0, 0.05) is 17.8 Å². The zero-order valence-electron chi connectivity index (χ0n) is 14.4. The van der Waals surface area contributed by atoms with Crippen LogP contribution in [0.1, 0.15) is 37.7 Å². The molecule has 0 saturated heterocycles. The van der Waals surface area contributed by atoms with Crippen molar-refractivity contribution in [3.05, 3.63) is 47.2 Å². The van der Waals surface area contributed by atoms with E-state index in [1.807, 2.05) is 6.20 Å². The van der Waals surface area contributed by atoms with Gasteiger partial charge in [-0.3, -0.25) is 9.89 Å². The van der Waals surface area contributed by atoms with Crippen molar-refractivity contribution in [1.82, 2.24) is 15.5 Å². The normalized spacial score (nSPS) is 16.5. The molecule has 26 heavy (non-hydrogen) atoms. The van der Waals surface area contributed by atoms with Gasteiger partial charge in [-0.25, -0.2) is 8.42 Å². The van der Waals surface area contributed by atoms with Crippen LogP contribution in [0.15, 0.2) is 41.6 Å². The third kappa shape index (κ3) is 3.64. The number of halogens is 1. The van der Waals surface area contributed by atoms with Gasteiger partial charge < -0.3 is 5.32 Å². The van der Waals surface area contributed by atoms with Crippen LogP contribution in [-0.4, -0.2) is 35.8 Å². The molecule has 0 atom stereocenters. The lowest BCUT2D eigenvalue weighted by atomic mass is 10.1. The monoisotopic (exact) mass is 395 g/mol. The van der Waals surface area contributed by atoms with E-state index in [9.17, 15) is 13.2 Å². The molecule has 0 spiro atoms. The van der Waals surface area contributed by atoms with Gasteiger partial charge in [0.15, 0.2) is 14.6 Å². The topological polar surface area (TPSA) is 91.9 Å². The number of nitrogens with zero attached hydrogens (tertiary/aromatic N) is 1. The van der Waals surface area contributed by atoms with Crippen molar-refractivity contribution >= 4 is 27.3 Å². The number of carbonyl (C=O) groups is 1. The summed E-state index contributed by atoms with van der Waals surface area (Å²) in [6, 6.07) is 6.04. The fraction of sp³-hybridized carbons (Fsp3) is 0.444. The van der Waals surface area contributed by atoms with Gasteiger partial charge in [-0.15, -0.1) is 0 Å². The summed E-state index contributed by atoms with van der Waals surface area (Å²) in [6.45, 7) is 0.432. The van der Waals surface area contributed by atoms with Crippen LogP contribution in [0.25, 0.3) is 0 Å². The van der Waals surface area contributed by atoms with Crippen LogP contribution < -0.4 is 5.32 Å². The van der Waals surface area contributed by atoms with Crippen molar-refractivity contribution in [1.29, 1.82) is 0 Å². The summed E-state index contributed by atoms with van der Waals surface area (Å²) < 4.78 is 25.0. The quantitative estimate of drug-likeness (QED) is 0.705. The van der Waals surface area contributed by atoms with Crippen LogP contribution in [0.2, 0.25) is 5.02 Å². The van der Waals surface area contributed by atoms with E-state index in [-0.39, 0.29) is 4.90 Å². The average Bonchev–Trinajstić information content (AvgIpc) is 3.31. The lowest BCUT2D eigenvalue weighted by molar-refractivity contribution is -0.123. The first-order valence-corrected chi connectivity index (χ1v) is 10.6. The molecule has 1 aliphatic rings. The first-order chi connectivity index (χ1) is 12.5. The van der Waals surface area contributed by atoms with Gasteiger partial charge in [0.25, 0.3) is 0 Å². The third-order valence-electron chi connectivity index (χ3n) is 4.95. The molecule has 0 radical (unpaired) electrons. The minimum atomic E-state index is -3.78. The van der Waals surface area contributed by atoms with E-state index in [0.29, 0.717) is 24.4 Å². The van der Waals surface area contributed by atoms with Crippen molar-refractivity contribution in [2.45, 2.75) is 48.2 Å². The number of aromatic nitrogens is 2. The van der Waals surface area contributed by atoms with Crippen molar-refractivity contribution in [3.8, 4) is 0 Å². The molecule has 1 amide bonds. The molecule has 1 heterocycles. The highest BCUT2D eigenvalue weighted by atomic mass is 35.5. The van der Waals surface area contributed by atoms with Crippen LogP contribution in [-0.2, 0) is 21.1 Å². The zero-order valence-corrected chi connectivity index (χ0v) is 15.9. The summed E-state index contributed by atoms with van der Waals surface area (Å²) in [7, 11) is -3.78. The highest BCUT2D eigenvalue weighted by molar-refractivity contribution is 7.93. The molecular formula is C18H22ClN3O3S. The van der Waals surface area contributed by atoms with E-state index >= 15 is 0 Å². The third-order valence-corrected chi connectivity index (χ3v) is 7.71. The number of hydrogen-bond acceptors (Lipinski definition) is 4. The molecule has 3 rings (SSSR count). The lowest BCUT2D eigenvalue weighted by Gasteiger charge is -2.27. The molecule has 2 N–H and O–H groups in total. The maximum Gasteiger partial charge on any atom is 0.241 e. The van der Waals surface area contributed by atoms with E-state index in [2.05, 4.69) is 15.5 Å². The minimum absolute atomic E-state index is 0.150. The number of aryl methyl sites for hydroxylation is 1. The summed E-state index contributed by atoms with van der Waals surface area (Å²) in [5.74, 6) is -0.392. The second-order valence-electron chi connectivity index (χ2n) is 6.62. The first kappa shape index (κ1) is 18.9. The Morgan fingerprint density at radius 2 is 1.92 bits per heavy atom. The van der Waals surface area contributed by atoms with E-state index in [4.69, 9.17) is 11.6 Å². The summed E-state index contributed by atoms with van der Waals surface area (Å²) in [5.41, 5.74) is 1.06. The van der Waals surface area contributed by atoms with Crippen LogP contribution in [0.3, 0.4) is 0 Å². The molecule has 8 heteroatoms. The molecule has 1 aromatic carbocycles. The van der Waals surface area contributed by atoms with Gasteiger partial charge >= 0.3 is 0 Å². The van der Waals surface area contributed by atoms with Crippen molar-refractivity contribution in [2.75, 3.05) is 6.54 Å². The van der Waals surface area contributed by atoms with Crippen LogP contribution in [0.4, 0.5) is 0 Å². The maximum atomic E-state index is 13.2. The molecule has 6 nitrogen and oxygen atoms in total. The van der Waals surface area contributed by atoms with Crippen molar-refractivity contribution in [2.24, 2.45) is 0 Å². The minimum Gasteiger partial charge on any atom is -0.355 e. The zero-order chi connectivity index (χ0) is 18.6. The summed E-state index contributed by atoms with van der Waals surface area (Å²) in [5, 5.41) is 9.93. The molecule has 0 bridgehead atoms. The number of H-pyrrole nitrogens is 1. The maximum absolute atomic E-state index is 13.2. The van der Waals surface area contributed by atoms with Gasteiger partial charge in [-0.05, 0) is 55.5 Å².